The van der Waals surface area contributed by atoms with E-state index in [2.05, 4.69) is 22.5 Å². The van der Waals surface area contributed by atoms with E-state index < -0.39 is 0 Å². The number of hydrogen-bond acceptors (Lipinski definition) is 4. The van der Waals surface area contributed by atoms with Crippen molar-refractivity contribution >= 4 is 5.91 Å². The van der Waals surface area contributed by atoms with Crippen LogP contribution in [-0.4, -0.2) is 60.0 Å². The predicted molar refractivity (Wildman–Crippen MR) is 102 cm³/mol. The number of benzene rings is 1. The van der Waals surface area contributed by atoms with Crippen LogP contribution in [0.3, 0.4) is 0 Å². The highest BCUT2D eigenvalue weighted by molar-refractivity contribution is 5.94. The second-order valence-electron chi connectivity index (χ2n) is 6.33. The molecule has 5 nitrogen and oxygen atoms in total. The number of carbonyl (C=O) groups excluding carboxylic acids is 1. The average Bonchev–Trinajstić information content (AvgIpc) is 2.72. The molecule has 1 aliphatic rings. The van der Waals surface area contributed by atoms with E-state index >= 15 is 0 Å². The first-order valence-electron chi connectivity index (χ1n) is 9.01. The van der Waals surface area contributed by atoms with E-state index in [0.29, 0.717) is 12.2 Å². The second-order valence-corrected chi connectivity index (χ2v) is 6.33. The van der Waals surface area contributed by atoms with Gasteiger partial charge in [-0.15, -0.1) is 0 Å². The third-order valence-electron chi connectivity index (χ3n) is 4.54. The van der Waals surface area contributed by atoms with Gasteiger partial charge in [0.15, 0.2) is 0 Å². The fourth-order valence-corrected chi connectivity index (χ4v) is 3.02. The van der Waals surface area contributed by atoms with Crippen LogP contribution in [0.4, 0.5) is 0 Å². The second kappa shape index (κ2) is 9.15. The summed E-state index contributed by atoms with van der Waals surface area (Å²) in [5.74, 6) is 0.838. The van der Waals surface area contributed by atoms with Crippen LogP contribution in [0.5, 0.6) is 5.75 Å². The summed E-state index contributed by atoms with van der Waals surface area (Å²) >= 11 is 0. The summed E-state index contributed by atoms with van der Waals surface area (Å²) in [4.78, 5) is 21.3. The lowest BCUT2D eigenvalue weighted by molar-refractivity contribution is 0.0638. The molecule has 0 radical (unpaired) electrons. The topological polar surface area (TPSA) is 45.7 Å². The number of pyridine rings is 1. The van der Waals surface area contributed by atoms with Crippen molar-refractivity contribution in [2.45, 2.75) is 6.42 Å². The van der Waals surface area contributed by atoms with Crippen LogP contribution in [0.25, 0.3) is 0 Å². The maximum atomic E-state index is 12.7. The zero-order chi connectivity index (χ0) is 18.2. The Hall–Kier alpha value is -2.66. The van der Waals surface area contributed by atoms with E-state index in [0.717, 1.165) is 50.6 Å². The third kappa shape index (κ3) is 4.92. The quantitative estimate of drug-likeness (QED) is 0.720. The van der Waals surface area contributed by atoms with Crippen molar-refractivity contribution in [2.75, 3.05) is 39.3 Å². The van der Waals surface area contributed by atoms with Gasteiger partial charge in [0, 0.05) is 56.6 Å². The molecule has 0 saturated carbocycles. The van der Waals surface area contributed by atoms with Gasteiger partial charge in [0.05, 0.1) is 0 Å². The highest BCUT2D eigenvalue weighted by Gasteiger charge is 2.22. The van der Waals surface area contributed by atoms with Crippen molar-refractivity contribution in [3.63, 3.8) is 0 Å². The number of rotatable bonds is 7. The average molecular weight is 351 g/mol. The Kier molecular flexibility index (Phi) is 6.39. The molecular weight excluding hydrogens is 326 g/mol. The summed E-state index contributed by atoms with van der Waals surface area (Å²) in [5, 5.41) is 0. The van der Waals surface area contributed by atoms with Crippen molar-refractivity contribution in [3.05, 3.63) is 72.6 Å². The number of aromatic nitrogens is 1. The van der Waals surface area contributed by atoms with Gasteiger partial charge in [-0.05, 0) is 36.4 Å². The van der Waals surface area contributed by atoms with Gasteiger partial charge >= 0.3 is 0 Å². The maximum absolute atomic E-state index is 12.7. The summed E-state index contributed by atoms with van der Waals surface area (Å²) in [6.07, 6.45) is 4.48. The van der Waals surface area contributed by atoms with Gasteiger partial charge in [0.1, 0.15) is 12.4 Å². The number of nitrogens with zero attached hydrogens (tertiary/aromatic N) is 3. The van der Waals surface area contributed by atoms with Gasteiger partial charge in [0.2, 0.25) is 0 Å². The van der Waals surface area contributed by atoms with Gasteiger partial charge in [-0.3, -0.25) is 14.7 Å². The molecule has 2 aromatic rings. The van der Waals surface area contributed by atoms with Crippen LogP contribution in [0.1, 0.15) is 16.1 Å². The molecule has 1 fully saturated rings. The van der Waals surface area contributed by atoms with Crippen molar-refractivity contribution in [1.82, 2.24) is 14.8 Å². The van der Waals surface area contributed by atoms with Crippen LogP contribution in [0, 0.1) is 0 Å². The van der Waals surface area contributed by atoms with E-state index in [1.807, 2.05) is 47.5 Å². The lowest BCUT2D eigenvalue weighted by Crippen LogP contribution is -2.49. The van der Waals surface area contributed by atoms with Gasteiger partial charge in [-0.1, -0.05) is 18.7 Å². The molecule has 0 unspecified atom stereocenters. The molecule has 1 aromatic heterocycles. The van der Waals surface area contributed by atoms with Crippen LogP contribution < -0.4 is 4.74 Å². The smallest absolute Gasteiger partial charge is 0.253 e. The lowest BCUT2D eigenvalue weighted by atomic mass is 10.1. The Morgan fingerprint density at radius 3 is 2.54 bits per heavy atom. The van der Waals surface area contributed by atoms with E-state index in [1.165, 1.54) is 0 Å². The van der Waals surface area contributed by atoms with Crippen molar-refractivity contribution in [3.8, 4) is 5.75 Å². The Balaban J connectivity index is 1.46. The molecule has 0 N–H and O–H groups in total. The summed E-state index contributed by atoms with van der Waals surface area (Å²) in [6, 6.07) is 13.3. The predicted octanol–water partition coefficient (Wildman–Crippen LogP) is 2.65. The van der Waals surface area contributed by atoms with E-state index in [4.69, 9.17) is 4.74 Å². The molecule has 1 saturated heterocycles. The molecule has 3 rings (SSSR count). The van der Waals surface area contributed by atoms with E-state index in [1.54, 1.807) is 6.08 Å². The molecule has 5 heteroatoms. The number of piperazine rings is 1. The van der Waals surface area contributed by atoms with Gasteiger partial charge < -0.3 is 9.64 Å². The first kappa shape index (κ1) is 18.1. The van der Waals surface area contributed by atoms with Crippen LogP contribution in [0.15, 0.2) is 61.3 Å². The molecule has 1 aliphatic heterocycles. The fraction of sp³-hybridized carbons (Fsp3) is 0.333. The minimum Gasteiger partial charge on any atom is -0.490 e. The Morgan fingerprint density at radius 2 is 1.88 bits per heavy atom. The number of hydrogen-bond donors (Lipinski definition) is 0. The minimum absolute atomic E-state index is 0.0876. The SMILES string of the molecule is C=CCOc1ccc(C(=O)N2CCN(CCc3ccccn3)CC2)cc1. The molecule has 136 valence electrons. The van der Waals surface area contributed by atoms with Crippen molar-refractivity contribution < 1.29 is 9.53 Å². The molecule has 0 spiro atoms. The van der Waals surface area contributed by atoms with Gasteiger partial charge in [-0.25, -0.2) is 0 Å². The highest BCUT2D eigenvalue weighted by Crippen LogP contribution is 2.15. The summed E-state index contributed by atoms with van der Waals surface area (Å²) in [6.45, 7) is 8.40. The van der Waals surface area contributed by atoms with Crippen molar-refractivity contribution in [2.24, 2.45) is 0 Å². The minimum atomic E-state index is 0.0876. The zero-order valence-electron chi connectivity index (χ0n) is 15.0. The molecule has 1 aromatic carbocycles. The monoisotopic (exact) mass is 351 g/mol. The number of amides is 1. The Bertz CT molecular complexity index is 708. The van der Waals surface area contributed by atoms with Gasteiger partial charge in [-0.2, -0.15) is 0 Å². The molecule has 0 atom stereocenters. The standard InChI is InChI=1S/C21H25N3O2/c1-2-17-26-20-8-6-18(7-9-20)21(25)24-15-13-23(14-16-24)12-10-19-5-3-4-11-22-19/h2-9,11H,1,10,12-17H2. The van der Waals surface area contributed by atoms with Crippen LogP contribution in [-0.2, 0) is 6.42 Å². The summed E-state index contributed by atoms with van der Waals surface area (Å²) in [5.41, 5.74) is 1.82. The molecule has 0 aliphatic carbocycles. The van der Waals surface area contributed by atoms with Gasteiger partial charge in [0.25, 0.3) is 5.91 Å². The number of ether oxygens (including phenoxy) is 1. The molecule has 0 bridgehead atoms. The van der Waals surface area contributed by atoms with Crippen LogP contribution in [0.2, 0.25) is 0 Å². The first-order valence-corrected chi connectivity index (χ1v) is 9.01. The summed E-state index contributed by atoms with van der Waals surface area (Å²) < 4.78 is 5.46. The zero-order valence-corrected chi connectivity index (χ0v) is 15.0. The Labute approximate surface area is 154 Å². The molecule has 26 heavy (non-hydrogen) atoms. The third-order valence-corrected chi connectivity index (χ3v) is 4.54. The highest BCUT2D eigenvalue weighted by atomic mass is 16.5. The largest absolute Gasteiger partial charge is 0.490 e. The first-order chi connectivity index (χ1) is 12.8. The molecular formula is C21H25N3O2. The van der Waals surface area contributed by atoms with Crippen LogP contribution >= 0.6 is 0 Å². The fourth-order valence-electron chi connectivity index (χ4n) is 3.02. The summed E-state index contributed by atoms with van der Waals surface area (Å²) in [7, 11) is 0. The Morgan fingerprint density at radius 1 is 1.12 bits per heavy atom. The number of carbonyl (C=O) groups is 1. The maximum Gasteiger partial charge on any atom is 0.253 e. The molecule has 1 amide bonds. The van der Waals surface area contributed by atoms with Crippen molar-refractivity contribution in [1.29, 1.82) is 0 Å². The lowest BCUT2D eigenvalue weighted by Gasteiger charge is -2.34. The molecule has 2 heterocycles. The van der Waals surface area contributed by atoms with E-state index in [9.17, 15) is 4.79 Å². The van der Waals surface area contributed by atoms with E-state index in [-0.39, 0.29) is 5.91 Å². The normalized spacial score (nSPS) is 14.8.